The normalized spacial score (nSPS) is 13.0. The quantitative estimate of drug-likeness (QED) is 0.179. The highest BCUT2D eigenvalue weighted by Crippen LogP contribution is 2.10. The summed E-state index contributed by atoms with van der Waals surface area (Å²) in [5.41, 5.74) is 0. The fraction of sp³-hybridized carbons (Fsp3) is 0.905. The Morgan fingerprint density at radius 1 is 0.750 bits per heavy atom. The van der Waals surface area contributed by atoms with Gasteiger partial charge in [-0.15, -0.1) is 0 Å². The Balaban J connectivity index is 3.10. The average molecular weight is 343 g/mol. The summed E-state index contributed by atoms with van der Waals surface area (Å²) in [4.78, 5) is 0. The van der Waals surface area contributed by atoms with Gasteiger partial charge in [0.25, 0.3) is 0 Å². The van der Waals surface area contributed by atoms with Crippen LogP contribution in [0.25, 0.3) is 0 Å². The fourth-order valence-corrected chi connectivity index (χ4v) is 2.76. The van der Waals surface area contributed by atoms with Gasteiger partial charge >= 0.3 is 0 Å². The van der Waals surface area contributed by atoms with E-state index in [-0.39, 0.29) is 6.61 Å². The highest BCUT2D eigenvalue weighted by molar-refractivity contribution is 4.81. The number of ether oxygens (including phenoxy) is 1. The molecule has 0 amide bonds. The van der Waals surface area contributed by atoms with Gasteiger partial charge in [0, 0.05) is 19.6 Å². The van der Waals surface area contributed by atoms with Crippen LogP contribution in [0.15, 0.2) is 12.2 Å². The summed E-state index contributed by atoms with van der Waals surface area (Å²) in [5.74, 6) is 0. The number of hydrogen-bond acceptors (Lipinski definition) is 3. The smallest absolute Gasteiger partial charge is 0.156 e. The van der Waals surface area contributed by atoms with Crippen molar-refractivity contribution in [3.63, 3.8) is 0 Å². The maximum atomic E-state index is 9.29. The highest BCUT2D eigenvalue weighted by atomic mass is 16.6. The Labute approximate surface area is 150 Å². The molecule has 0 rings (SSSR count). The van der Waals surface area contributed by atoms with Gasteiger partial charge in [-0.3, -0.25) is 0 Å². The molecule has 144 valence electrons. The molecule has 1 atom stereocenters. The van der Waals surface area contributed by atoms with Crippen LogP contribution < -0.4 is 0 Å². The van der Waals surface area contributed by atoms with E-state index in [0.29, 0.717) is 13.0 Å². The molecule has 0 aromatic carbocycles. The van der Waals surface area contributed by atoms with Crippen molar-refractivity contribution in [2.24, 2.45) is 0 Å². The molecule has 0 aromatic rings. The Morgan fingerprint density at radius 2 is 1.25 bits per heavy atom. The second-order valence-corrected chi connectivity index (χ2v) is 6.78. The summed E-state index contributed by atoms with van der Waals surface area (Å²) in [5, 5.41) is 17.9. The Kier molecular flexibility index (Phi) is 20.3. The molecule has 2 N–H and O–H groups in total. The van der Waals surface area contributed by atoms with Gasteiger partial charge in [-0.05, 0) is 32.1 Å². The van der Waals surface area contributed by atoms with Gasteiger partial charge in [-0.25, -0.2) is 0 Å². The van der Waals surface area contributed by atoms with E-state index in [2.05, 4.69) is 19.1 Å². The van der Waals surface area contributed by atoms with Crippen LogP contribution in [0, 0.1) is 0 Å². The molecular weight excluding hydrogens is 300 g/mol. The van der Waals surface area contributed by atoms with Crippen molar-refractivity contribution in [2.75, 3.05) is 13.2 Å². The van der Waals surface area contributed by atoms with Crippen molar-refractivity contribution in [3.8, 4) is 0 Å². The van der Waals surface area contributed by atoms with Crippen molar-refractivity contribution in [1.82, 2.24) is 0 Å². The number of allylic oxidation sites excluding steroid dienone is 2. The van der Waals surface area contributed by atoms with Gasteiger partial charge in [0.05, 0.1) is 0 Å². The lowest BCUT2D eigenvalue weighted by molar-refractivity contribution is -0.109. The first-order chi connectivity index (χ1) is 11.8. The molecular formula is C21H42O3. The Hall–Kier alpha value is -0.380. The number of aliphatic hydroxyl groups excluding tert-OH is 2. The zero-order valence-electron chi connectivity index (χ0n) is 16.1. The number of hydrogen-bond donors (Lipinski definition) is 2. The third-order valence-electron chi connectivity index (χ3n) is 4.34. The zero-order valence-corrected chi connectivity index (χ0v) is 16.1. The molecule has 0 aliphatic carbocycles. The topological polar surface area (TPSA) is 49.7 Å². The molecule has 3 heteroatoms. The average Bonchev–Trinajstić information content (AvgIpc) is 2.58. The lowest BCUT2D eigenvalue weighted by Crippen LogP contribution is -2.14. The van der Waals surface area contributed by atoms with E-state index in [0.717, 1.165) is 6.42 Å². The molecule has 0 spiro atoms. The number of rotatable bonds is 19. The predicted octanol–water partition coefficient (Wildman–Crippen LogP) is 5.74. The minimum absolute atomic E-state index is 0.0193. The Bertz CT molecular complexity index is 253. The van der Waals surface area contributed by atoms with E-state index in [9.17, 15) is 5.11 Å². The molecule has 1 unspecified atom stereocenters. The third kappa shape index (κ3) is 19.7. The highest BCUT2D eigenvalue weighted by Gasteiger charge is 2.01. The van der Waals surface area contributed by atoms with Crippen LogP contribution in [-0.2, 0) is 4.74 Å². The minimum Gasteiger partial charge on any atom is -0.396 e. The molecule has 0 saturated carbocycles. The molecule has 0 heterocycles. The molecule has 0 aliphatic rings. The molecule has 0 aromatic heterocycles. The molecule has 0 radical (unpaired) electrons. The number of aliphatic hydroxyl groups is 2. The predicted molar refractivity (Wildman–Crippen MR) is 103 cm³/mol. The molecule has 3 nitrogen and oxygen atoms in total. The largest absolute Gasteiger partial charge is 0.396 e. The van der Waals surface area contributed by atoms with E-state index < -0.39 is 6.29 Å². The maximum absolute atomic E-state index is 9.29. The van der Waals surface area contributed by atoms with E-state index in [1.54, 1.807) is 0 Å². The maximum Gasteiger partial charge on any atom is 0.156 e. The van der Waals surface area contributed by atoms with Crippen LogP contribution >= 0.6 is 0 Å². The molecule has 0 fully saturated rings. The van der Waals surface area contributed by atoms with E-state index in [1.165, 1.54) is 83.5 Å². The summed E-state index contributed by atoms with van der Waals surface area (Å²) in [6, 6.07) is 0. The van der Waals surface area contributed by atoms with Crippen molar-refractivity contribution < 1.29 is 14.9 Å². The van der Waals surface area contributed by atoms with Crippen molar-refractivity contribution in [2.45, 2.75) is 110 Å². The number of unbranched alkanes of at least 4 members (excludes halogenated alkanes) is 12. The van der Waals surface area contributed by atoms with Gasteiger partial charge in [-0.1, -0.05) is 76.9 Å². The van der Waals surface area contributed by atoms with Crippen LogP contribution in [0.2, 0.25) is 0 Å². The van der Waals surface area contributed by atoms with Crippen molar-refractivity contribution in [3.05, 3.63) is 12.2 Å². The summed E-state index contributed by atoms with van der Waals surface area (Å²) >= 11 is 0. The van der Waals surface area contributed by atoms with Gasteiger partial charge in [0.15, 0.2) is 6.29 Å². The van der Waals surface area contributed by atoms with Gasteiger partial charge < -0.3 is 14.9 Å². The van der Waals surface area contributed by atoms with Crippen LogP contribution in [0.1, 0.15) is 103 Å². The SMILES string of the molecule is CCCCCCCCC=CCCCCCCCCOC(O)CCO. The van der Waals surface area contributed by atoms with Gasteiger partial charge in [-0.2, -0.15) is 0 Å². The monoisotopic (exact) mass is 342 g/mol. The molecule has 0 aliphatic heterocycles. The van der Waals surface area contributed by atoms with Crippen molar-refractivity contribution in [1.29, 1.82) is 0 Å². The van der Waals surface area contributed by atoms with Crippen LogP contribution in [0.5, 0.6) is 0 Å². The first-order valence-corrected chi connectivity index (χ1v) is 10.4. The summed E-state index contributed by atoms with van der Waals surface area (Å²) in [7, 11) is 0. The summed E-state index contributed by atoms with van der Waals surface area (Å²) < 4.78 is 5.19. The van der Waals surface area contributed by atoms with E-state index >= 15 is 0 Å². The second-order valence-electron chi connectivity index (χ2n) is 6.78. The van der Waals surface area contributed by atoms with Gasteiger partial charge in [0.2, 0.25) is 0 Å². The first kappa shape index (κ1) is 23.6. The lowest BCUT2D eigenvalue weighted by Gasteiger charge is -2.09. The standard InChI is InChI=1S/C21H42O3/c1-2-3-4-5-6-7-8-9-10-11-12-13-14-15-16-17-20-24-21(23)18-19-22/h9-10,21-23H,2-8,11-20H2,1H3. The fourth-order valence-electron chi connectivity index (χ4n) is 2.76. The van der Waals surface area contributed by atoms with Crippen LogP contribution in [0.3, 0.4) is 0 Å². The summed E-state index contributed by atoms with van der Waals surface area (Å²) in [6.45, 7) is 2.85. The van der Waals surface area contributed by atoms with Crippen LogP contribution in [0.4, 0.5) is 0 Å². The minimum atomic E-state index is -0.793. The Morgan fingerprint density at radius 3 is 1.79 bits per heavy atom. The zero-order chi connectivity index (χ0) is 17.7. The molecule has 24 heavy (non-hydrogen) atoms. The lowest BCUT2D eigenvalue weighted by atomic mass is 10.1. The third-order valence-corrected chi connectivity index (χ3v) is 4.34. The van der Waals surface area contributed by atoms with Crippen LogP contribution in [-0.4, -0.2) is 29.7 Å². The van der Waals surface area contributed by atoms with E-state index in [1.807, 2.05) is 0 Å². The molecule has 0 bridgehead atoms. The summed E-state index contributed by atoms with van der Waals surface area (Å²) in [6.07, 6.45) is 22.4. The molecule has 0 saturated heterocycles. The second kappa shape index (κ2) is 20.7. The van der Waals surface area contributed by atoms with Gasteiger partial charge in [0.1, 0.15) is 0 Å². The van der Waals surface area contributed by atoms with E-state index in [4.69, 9.17) is 9.84 Å². The van der Waals surface area contributed by atoms with Crippen molar-refractivity contribution >= 4 is 0 Å². The first-order valence-electron chi connectivity index (χ1n) is 10.4.